The van der Waals surface area contributed by atoms with Crippen molar-refractivity contribution in [2.75, 3.05) is 6.54 Å². The Morgan fingerprint density at radius 1 is 1.13 bits per heavy atom. The molecule has 0 bridgehead atoms. The van der Waals surface area contributed by atoms with E-state index in [0.717, 1.165) is 17.4 Å². The van der Waals surface area contributed by atoms with Crippen molar-refractivity contribution in [3.63, 3.8) is 0 Å². The van der Waals surface area contributed by atoms with Crippen LogP contribution in [0.4, 0.5) is 0 Å². The highest BCUT2D eigenvalue weighted by atomic mass is 79.9. The maximum absolute atomic E-state index is 6.42. The average Bonchev–Trinajstić information content (AvgIpc) is 2.56. The maximum Gasteiger partial charge on any atom is 0.0801 e. The highest BCUT2D eigenvalue weighted by molar-refractivity contribution is 9.10. The molecule has 1 N–H and O–H groups in total. The molecule has 2 aromatic carbocycles. The summed E-state index contributed by atoms with van der Waals surface area (Å²) >= 11 is 3.54. The largest absolute Gasteiger partial charge is 0.369 e. The highest BCUT2D eigenvalue weighted by Crippen LogP contribution is 2.31. The summed E-state index contributed by atoms with van der Waals surface area (Å²) in [5.41, 5.74) is 2.53. The topological polar surface area (TPSA) is 21.3 Å². The monoisotopic (exact) mass is 395 g/mol. The highest BCUT2D eigenvalue weighted by Gasteiger charge is 2.28. The minimum Gasteiger partial charge on any atom is -0.369 e. The molecule has 2 aromatic rings. The lowest BCUT2D eigenvalue weighted by molar-refractivity contribution is -0.0392. The number of hydrogen-bond donors (Lipinski definition) is 1. The van der Waals surface area contributed by atoms with Crippen molar-refractivity contribution in [3.8, 4) is 0 Å². The van der Waals surface area contributed by atoms with Crippen LogP contribution < -0.4 is 5.32 Å². The molecule has 0 unspecified atom stereocenters. The minimum absolute atomic E-state index is 0. The van der Waals surface area contributed by atoms with E-state index in [9.17, 15) is 0 Å². The third-order valence-electron chi connectivity index (χ3n) is 4.26. The zero-order valence-corrected chi connectivity index (χ0v) is 15.6. The molecular formula is C19H23BrClNO. The normalized spacial score (nSPS) is 22.2. The summed E-state index contributed by atoms with van der Waals surface area (Å²) in [7, 11) is 0. The number of rotatable bonds is 4. The summed E-state index contributed by atoms with van der Waals surface area (Å²) in [6.07, 6.45) is 2.57. The molecule has 1 aliphatic rings. The van der Waals surface area contributed by atoms with E-state index in [2.05, 4.69) is 76.7 Å². The summed E-state index contributed by atoms with van der Waals surface area (Å²) in [5, 5.41) is 3.62. The second-order valence-corrected chi connectivity index (χ2v) is 6.77. The zero-order valence-electron chi connectivity index (χ0n) is 13.2. The minimum atomic E-state index is 0. The van der Waals surface area contributed by atoms with Crippen molar-refractivity contribution < 1.29 is 4.74 Å². The molecule has 0 radical (unpaired) electrons. The fourth-order valence-electron chi connectivity index (χ4n) is 3.10. The third kappa shape index (κ3) is 4.80. The average molecular weight is 397 g/mol. The van der Waals surface area contributed by atoms with Gasteiger partial charge in [0.2, 0.25) is 0 Å². The van der Waals surface area contributed by atoms with E-state index < -0.39 is 0 Å². The van der Waals surface area contributed by atoms with Gasteiger partial charge in [0.15, 0.2) is 0 Å². The first kappa shape index (κ1) is 18.5. The van der Waals surface area contributed by atoms with Crippen LogP contribution in [0.5, 0.6) is 0 Å². The van der Waals surface area contributed by atoms with Crippen LogP contribution in [0.1, 0.15) is 43.0 Å². The van der Waals surface area contributed by atoms with Gasteiger partial charge in [0.25, 0.3) is 0 Å². The number of nitrogens with one attached hydrogen (secondary N) is 1. The Balaban J connectivity index is 0.00000192. The Hall–Kier alpha value is -0.870. The Morgan fingerprint density at radius 2 is 1.91 bits per heavy atom. The van der Waals surface area contributed by atoms with E-state index in [-0.39, 0.29) is 30.7 Å². The van der Waals surface area contributed by atoms with Gasteiger partial charge < -0.3 is 10.1 Å². The van der Waals surface area contributed by atoms with E-state index in [1.807, 2.05) is 6.07 Å². The van der Waals surface area contributed by atoms with Crippen molar-refractivity contribution >= 4 is 28.3 Å². The Labute approximate surface area is 153 Å². The molecule has 1 saturated heterocycles. The van der Waals surface area contributed by atoms with Crippen LogP contribution in [0.15, 0.2) is 59.1 Å². The molecule has 0 aromatic heterocycles. The van der Waals surface area contributed by atoms with Gasteiger partial charge in [-0.05, 0) is 49.6 Å². The van der Waals surface area contributed by atoms with Crippen molar-refractivity contribution in [1.82, 2.24) is 5.32 Å². The molecule has 124 valence electrons. The fourth-order valence-corrected chi connectivity index (χ4v) is 3.52. The zero-order chi connectivity index (χ0) is 15.4. The molecule has 0 aliphatic carbocycles. The van der Waals surface area contributed by atoms with Crippen LogP contribution in [-0.2, 0) is 4.74 Å². The molecule has 2 nitrogen and oxygen atoms in total. The lowest BCUT2D eigenvalue weighted by Crippen LogP contribution is -2.39. The molecule has 3 rings (SSSR count). The first-order valence-corrected chi connectivity index (χ1v) is 8.72. The second-order valence-electron chi connectivity index (χ2n) is 5.86. The second kappa shape index (κ2) is 8.84. The number of halogens is 2. The molecule has 4 heteroatoms. The van der Waals surface area contributed by atoms with Crippen molar-refractivity contribution in [2.24, 2.45) is 0 Å². The smallest absolute Gasteiger partial charge is 0.0801 e. The first-order valence-electron chi connectivity index (χ1n) is 7.93. The van der Waals surface area contributed by atoms with E-state index in [4.69, 9.17) is 4.74 Å². The van der Waals surface area contributed by atoms with Crippen LogP contribution in [-0.4, -0.2) is 12.6 Å². The van der Waals surface area contributed by atoms with Gasteiger partial charge in [-0.15, -0.1) is 12.4 Å². The van der Waals surface area contributed by atoms with E-state index in [0.29, 0.717) is 0 Å². The lowest BCUT2D eigenvalue weighted by Gasteiger charge is -2.35. The van der Waals surface area contributed by atoms with Gasteiger partial charge in [-0.25, -0.2) is 0 Å². The van der Waals surface area contributed by atoms with Gasteiger partial charge >= 0.3 is 0 Å². The quantitative estimate of drug-likeness (QED) is 0.743. The van der Waals surface area contributed by atoms with Crippen molar-refractivity contribution in [3.05, 3.63) is 70.2 Å². The standard InChI is InChI=1S/C19H22BrNO.ClH/c1-14(16-9-5-10-17(20)13-16)22-18-11-6-12-21-19(18)15-7-3-2-4-8-15;/h2-5,7-10,13-14,18-19,21H,6,11-12H2,1H3;1H/t14-,18+,19+;/m1./s1. The molecule has 1 fully saturated rings. The summed E-state index contributed by atoms with van der Waals surface area (Å²) in [6, 6.07) is 19.3. The Morgan fingerprint density at radius 3 is 2.65 bits per heavy atom. The van der Waals surface area contributed by atoms with E-state index >= 15 is 0 Å². The summed E-state index contributed by atoms with van der Waals surface area (Å²) in [4.78, 5) is 0. The van der Waals surface area contributed by atoms with Crippen LogP contribution in [0.3, 0.4) is 0 Å². The van der Waals surface area contributed by atoms with E-state index in [1.165, 1.54) is 17.5 Å². The van der Waals surface area contributed by atoms with Crippen LogP contribution >= 0.6 is 28.3 Å². The first-order chi connectivity index (χ1) is 10.7. The Kier molecular flexibility index (Phi) is 7.09. The van der Waals surface area contributed by atoms with Crippen molar-refractivity contribution in [2.45, 2.75) is 38.0 Å². The summed E-state index contributed by atoms with van der Waals surface area (Å²) in [5.74, 6) is 0. The van der Waals surface area contributed by atoms with Crippen LogP contribution in [0.25, 0.3) is 0 Å². The predicted molar refractivity (Wildman–Crippen MR) is 101 cm³/mol. The number of piperidine rings is 1. The third-order valence-corrected chi connectivity index (χ3v) is 4.75. The molecule has 1 aliphatic heterocycles. The number of hydrogen-bond acceptors (Lipinski definition) is 2. The number of benzene rings is 2. The molecule has 0 amide bonds. The molecule has 0 spiro atoms. The van der Waals surface area contributed by atoms with Crippen LogP contribution in [0.2, 0.25) is 0 Å². The van der Waals surface area contributed by atoms with Gasteiger partial charge in [-0.1, -0.05) is 58.4 Å². The van der Waals surface area contributed by atoms with Crippen LogP contribution in [0, 0.1) is 0 Å². The molecule has 0 saturated carbocycles. The van der Waals surface area contributed by atoms with E-state index in [1.54, 1.807) is 0 Å². The molecule has 3 atom stereocenters. The molecule has 23 heavy (non-hydrogen) atoms. The fraction of sp³-hybridized carbons (Fsp3) is 0.368. The predicted octanol–water partition coefficient (Wildman–Crippen LogP) is 5.44. The SMILES string of the molecule is C[C@@H](O[C@H]1CCCN[C@H]1c1ccccc1)c1cccc(Br)c1.Cl. The summed E-state index contributed by atoms with van der Waals surface area (Å²) < 4.78 is 7.51. The number of ether oxygens (including phenoxy) is 1. The van der Waals surface area contributed by atoms with Gasteiger partial charge in [0, 0.05) is 4.47 Å². The summed E-state index contributed by atoms with van der Waals surface area (Å²) in [6.45, 7) is 3.20. The molecular weight excluding hydrogens is 374 g/mol. The van der Waals surface area contributed by atoms with Gasteiger partial charge in [-0.2, -0.15) is 0 Å². The maximum atomic E-state index is 6.42. The van der Waals surface area contributed by atoms with Gasteiger partial charge in [-0.3, -0.25) is 0 Å². The Bertz CT molecular complexity index is 607. The van der Waals surface area contributed by atoms with Gasteiger partial charge in [0.05, 0.1) is 18.2 Å². The van der Waals surface area contributed by atoms with Gasteiger partial charge in [0.1, 0.15) is 0 Å². The lowest BCUT2D eigenvalue weighted by atomic mass is 9.94. The molecule has 1 heterocycles. The van der Waals surface area contributed by atoms with Crippen molar-refractivity contribution in [1.29, 1.82) is 0 Å².